The van der Waals surface area contributed by atoms with E-state index in [2.05, 4.69) is 29.9 Å². The topological polar surface area (TPSA) is 33.4 Å². The molecule has 1 saturated heterocycles. The normalized spacial score (nSPS) is 17.6. The predicted octanol–water partition coefficient (Wildman–Crippen LogP) is 2.84. The van der Waals surface area contributed by atoms with Gasteiger partial charge in [-0.25, -0.2) is 9.50 Å². The highest BCUT2D eigenvalue weighted by Gasteiger charge is 2.16. The van der Waals surface area contributed by atoms with E-state index in [1.807, 2.05) is 16.9 Å². The Labute approximate surface area is 108 Å². The number of anilines is 1. The van der Waals surface area contributed by atoms with E-state index in [-0.39, 0.29) is 0 Å². The third-order valence-corrected chi connectivity index (χ3v) is 3.96. The van der Waals surface area contributed by atoms with Crippen molar-refractivity contribution in [2.24, 2.45) is 0 Å². The summed E-state index contributed by atoms with van der Waals surface area (Å²) >= 11 is 0. The predicted molar refractivity (Wildman–Crippen MR) is 73.1 cm³/mol. The molecular formula is C14H20N4. The maximum absolute atomic E-state index is 4.81. The minimum Gasteiger partial charge on any atom is -0.357 e. The molecule has 1 unspecified atom stereocenters. The van der Waals surface area contributed by atoms with Crippen molar-refractivity contribution in [3.05, 3.63) is 24.0 Å². The minimum atomic E-state index is 0.517. The number of hydrogen-bond acceptors (Lipinski definition) is 3. The van der Waals surface area contributed by atoms with Crippen molar-refractivity contribution in [2.75, 3.05) is 18.0 Å². The van der Waals surface area contributed by atoms with E-state index in [0.29, 0.717) is 5.92 Å². The van der Waals surface area contributed by atoms with Crippen LogP contribution in [0, 0.1) is 0 Å². The lowest BCUT2D eigenvalue weighted by Crippen LogP contribution is -2.19. The molecule has 2 aromatic rings. The molecule has 0 amide bonds. The van der Waals surface area contributed by atoms with E-state index in [1.54, 1.807) is 0 Å². The van der Waals surface area contributed by atoms with Gasteiger partial charge >= 0.3 is 0 Å². The van der Waals surface area contributed by atoms with Crippen LogP contribution in [0.5, 0.6) is 0 Å². The summed E-state index contributed by atoms with van der Waals surface area (Å²) in [5.74, 6) is 1.62. The average molecular weight is 244 g/mol. The van der Waals surface area contributed by atoms with Gasteiger partial charge in [0, 0.05) is 24.8 Å². The first-order valence-corrected chi connectivity index (χ1v) is 6.89. The Balaban J connectivity index is 2.03. The summed E-state index contributed by atoms with van der Waals surface area (Å²) < 4.78 is 1.89. The lowest BCUT2D eigenvalue weighted by atomic mass is 10.0. The van der Waals surface area contributed by atoms with Crippen molar-refractivity contribution in [1.29, 1.82) is 0 Å². The van der Waals surface area contributed by atoms with Crippen LogP contribution in [0.4, 0.5) is 5.82 Å². The molecule has 0 saturated carbocycles. The minimum absolute atomic E-state index is 0.517. The molecule has 1 aliphatic rings. The molecule has 0 aliphatic carbocycles. The second-order valence-corrected chi connectivity index (χ2v) is 5.16. The highest BCUT2D eigenvalue weighted by molar-refractivity contribution is 5.54. The summed E-state index contributed by atoms with van der Waals surface area (Å²) in [4.78, 5) is 7.18. The van der Waals surface area contributed by atoms with Crippen LogP contribution in [0.25, 0.3) is 5.65 Å². The van der Waals surface area contributed by atoms with Gasteiger partial charge in [0.1, 0.15) is 5.82 Å². The van der Waals surface area contributed by atoms with Crippen molar-refractivity contribution < 1.29 is 0 Å². The second kappa shape index (κ2) is 4.59. The fraction of sp³-hybridized carbons (Fsp3) is 0.571. The van der Waals surface area contributed by atoms with Gasteiger partial charge in [-0.3, -0.25) is 0 Å². The Morgan fingerprint density at radius 1 is 1.33 bits per heavy atom. The third-order valence-electron chi connectivity index (χ3n) is 3.96. The first-order chi connectivity index (χ1) is 8.79. The Hall–Kier alpha value is -1.58. The maximum atomic E-state index is 4.81. The number of rotatable bonds is 3. The van der Waals surface area contributed by atoms with E-state index in [4.69, 9.17) is 4.98 Å². The zero-order chi connectivity index (χ0) is 12.5. The third kappa shape index (κ3) is 1.85. The molecule has 3 heterocycles. The smallest absolute Gasteiger partial charge is 0.160 e. The van der Waals surface area contributed by atoms with E-state index in [1.165, 1.54) is 18.4 Å². The van der Waals surface area contributed by atoms with Crippen LogP contribution in [-0.4, -0.2) is 27.7 Å². The van der Waals surface area contributed by atoms with Crippen molar-refractivity contribution in [1.82, 2.24) is 14.6 Å². The molecule has 0 bridgehead atoms. The summed E-state index contributed by atoms with van der Waals surface area (Å²) in [6.07, 6.45) is 7.68. The average Bonchev–Trinajstić information content (AvgIpc) is 3.06. The Morgan fingerprint density at radius 2 is 2.11 bits per heavy atom. The van der Waals surface area contributed by atoms with Gasteiger partial charge in [0.25, 0.3) is 0 Å². The maximum Gasteiger partial charge on any atom is 0.160 e. The zero-order valence-corrected chi connectivity index (χ0v) is 11.1. The van der Waals surface area contributed by atoms with Gasteiger partial charge in [0.2, 0.25) is 0 Å². The summed E-state index contributed by atoms with van der Waals surface area (Å²) in [5, 5.41) is 4.39. The molecule has 3 rings (SSSR count). The number of aromatic nitrogens is 3. The molecule has 4 heteroatoms. The quantitative estimate of drug-likeness (QED) is 0.832. The van der Waals surface area contributed by atoms with Gasteiger partial charge in [0.15, 0.2) is 5.65 Å². The largest absolute Gasteiger partial charge is 0.357 e. The number of hydrogen-bond donors (Lipinski definition) is 0. The van der Waals surface area contributed by atoms with Crippen LogP contribution < -0.4 is 4.90 Å². The molecule has 18 heavy (non-hydrogen) atoms. The van der Waals surface area contributed by atoms with E-state index >= 15 is 0 Å². The Kier molecular flexibility index (Phi) is 2.94. The van der Waals surface area contributed by atoms with Crippen LogP contribution in [0.2, 0.25) is 0 Å². The first kappa shape index (κ1) is 11.5. The fourth-order valence-electron chi connectivity index (χ4n) is 2.57. The second-order valence-electron chi connectivity index (χ2n) is 5.16. The lowest BCUT2D eigenvalue weighted by Gasteiger charge is -2.16. The molecule has 0 radical (unpaired) electrons. The molecule has 4 nitrogen and oxygen atoms in total. The summed E-state index contributed by atoms with van der Waals surface area (Å²) in [6, 6.07) is 2.08. The zero-order valence-electron chi connectivity index (χ0n) is 11.1. The molecule has 0 aromatic carbocycles. The highest BCUT2D eigenvalue weighted by atomic mass is 15.3. The molecule has 0 N–H and O–H groups in total. The van der Waals surface area contributed by atoms with E-state index in [9.17, 15) is 0 Å². The van der Waals surface area contributed by atoms with Crippen molar-refractivity contribution in [2.45, 2.75) is 39.0 Å². The molecular weight excluding hydrogens is 224 g/mol. The van der Waals surface area contributed by atoms with Crippen molar-refractivity contribution >= 4 is 11.5 Å². The van der Waals surface area contributed by atoms with Crippen LogP contribution >= 0.6 is 0 Å². The molecule has 1 atom stereocenters. The van der Waals surface area contributed by atoms with Gasteiger partial charge in [-0.15, -0.1) is 0 Å². The summed E-state index contributed by atoms with van der Waals surface area (Å²) in [7, 11) is 0. The number of nitrogens with zero attached hydrogens (tertiary/aromatic N) is 4. The molecule has 1 aliphatic heterocycles. The van der Waals surface area contributed by atoms with E-state index < -0.39 is 0 Å². The van der Waals surface area contributed by atoms with Gasteiger partial charge in [0.05, 0.1) is 6.20 Å². The SMILES string of the molecule is CCC(C)c1cnn2ccc(N3CCCC3)nc12. The first-order valence-electron chi connectivity index (χ1n) is 6.89. The summed E-state index contributed by atoms with van der Waals surface area (Å²) in [5.41, 5.74) is 2.28. The molecule has 1 fully saturated rings. The van der Waals surface area contributed by atoms with Crippen LogP contribution in [0.1, 0.15) is 44.6 Å². The standard InChI is InChI=1S/C14H20N4/c1-3-11(2)12-10-15-18-9-6-13(16-14(12)18)17-7-4-5-8-17/h6,9-11H,3-5,7-8H2,1-2H3. The van der Waals surface area contributed by atoms with Crippen molar-refractivity contribution in [3.63, 3.8) is 0 Å². The van der Waals surface area contributed by atoms with Crippen LogP contribution in [-0.2, 0) is 0 Å². The highest BCUT2D eigenvalue weighted by Crippen LogP contribution is 2.24. The van der Waals surface area contributed by atoms with Crippen LogP contribution in [0.3, 0.4) is 0 Å². The van der Waals surface area contributed by atoms with Gasteiger partial charge in [-0.2, -0.15) is 5.10 Å². The van der Waals surface area contributed by atoms with Crippen LogP contribution in [0.15, 0.2) is 18.5 Å². The molecule has 0 spiro atoms. The molecule has 96 valence electrons. The monoisotopic (exact) mass is 244 g/mol. The van der Waals surface area contributed by atoms with Gasteiger partial charge < -0.3 is 4.90 Å². The fourth-order valence-corrected chi connectivity index (χ4v) is 2.57. The Morgan fingerprint density at radius 3 is 2.83 bits per heavy atom. The van der Waals surface area contributed by atoms with Gasteiger partial charge in [-0.1, -0.05) is 13.8 Å². The molecule has 2 aromatic heterocycles. The summed E-state index contributed by atoms with van der Waals surface area (Å²) in [6.45, 7) is 6.71. The number of fused-ring (bicyclic) bond motifs is 1. The lowest BCUT2D eigenvalue weighted by molar-refractivity contribution is 0.737. The van der Waals surface area contributed by atoms with E-state index in [0.717, 1.165) is 31.0 Å². The van der Waals surface area contributed by atoms with Gasteiger partial charge in [-0.05, 0) is 31.2 Å². The van der Waals surface area contributed by atoms with Crippen molar-refractivity contribution in [3.8, 4) is 0 Å². The Bertz CT molecular complexity index is 540.